The van der Waals surface area contributed by atoms with Gasteiger partial charge in [-0.05, 0) is 37.1 Å². The summed E-state index contributed by atoms with van der Waals surface area (Å²) in [7, 11) is 0. The van der Waals surface area contributed by atoms with Crippen molar-refractivity contribution in [2.75, 3.05) is 0 Å². The lowest BCUT2D eigenvalue weighted by atomic mass is 10.2. The number of hydrogen-bond donors (Lipinski definition) is 1. The molecule has 1 aliphatic carbocycles. The van der Waals surface area contributed by atoms with E-state index < -0.39 is 5.97 Å². The van der Waals surface area contributed by atoms with E-state index in [1.807, 2.05) is 4.57 Å². The van der Waals surface area contributed by atoms with Crippen LogP contribution >= 0.6 is 11.6 Å². The van der Waals surface area contributed by atoms with Crippen LogP contribution in [0.3, 0.4) is 0 Å². The molecule has 98 valence electrons. The Kier molecular flexibility index (Phi) is 2.98. The van der Waals surface area contributed by atoms with Crippen molar-refractivity contribution in [1.29, 1.82) is 0 Å². The highest BCUT2D eigenvalue weighted by molar-refractivity contribution is 6.16. The minimum Gasteiger partial charge on any atom is -0.478 e. The number of aromatic carboxylic acids is 1. The summed E-state index contributed by atoms with van der Waals surface area (Å²) in [5.41, 5.74) is 1.12. The third-order valence-corrected chi connectivity index (χ3v) is 3.43. The summed E-state index contributed by atoms with van der Waals surface area (Å²) in [6.07, 6.45) is 2.24. The highest BCUT2D eigenvalue weighted by atomic mass is 35.5. The molecule has 1 saturated carbocycles. The number of carbonyl (C=O) groups is 1. The van der Waals surface area contributed by atoms with E-state index in [1.165, 1.54) is 0 Å². The van der Waals surface area contributed by atoms with Crippen LogP contribution in [0.15, 0.2) is 24.3 Å². The lowest BCUT2D eigenvalue weighted by Crippen LogP contribution is -2.04. The summed E-state index contributed by atoms with van der Waals surface area (Å²) in [5.74, 6) is 1.39. The van der Waals surface area contributed by atoms with Gasteiger partial charge in [0.2, 0.25) is 0 Å². The molecule has 5 nitrogen and oxygen atoms in total. The molecule has 1 heterocycles. The largest absolute Gasteiger partial charge is 0.478 e. The Morgan fingerprint density at radius 2 is 2.00 bits per heavy atom. The first-order chi connectivity index (χ1) is 9.20. The van der Waals surface area contributed by atoms with E-state index in [0.717, 1.165) is 24.4 Å². The molecule has 1 aromatic heterocycles. The Bertz CT molecular complexity index is 617. The van der Waals surface area contributed by atoms with Gasteiger partial charge in [0.15, 0.2) is 5.82 Å². The molecule has 0 saturated heterocycles. The zero-order valence-electron chi connectivity index (χ0n) is 10.1. The Hall–Kier alpha value is -1.88. The van der Waals surface area contributed by atoms with Gasteiger partial charge in [0, 0.05) is 11.6 Å². The van der Waals surface area contributed by atoms with Gasteiger partial charge in [-0.15, -0.1) is 21.8 Å². The Labute approximate surface area is 114 Å². The predicted molar refractivity (Wildman–Crippen MR) is 69.9 cm³/mol. The summed E-state index contributed by atoms with van der Waals surface area (Å²) in [6, 6.07) is 6.67. The molecule has 1 fully saturated rings. The third-order valence-electron chi connectivity index (χ3n) is 3.19. The highest BCUT2D eigenvalue weighted by Gasteiger charge is 2.30. The number of carboxylic acids is 1. The number of hydrogen-bond acceptors (Lipinski definition) is 3. The van der Waals surface area contributed by atoms with Crippen molar-refractivity contribution in [3.63, 3.8) is 0 Å². The van der Waals surface area contributed by atoms with Crippen LogP contribution in [0.25, 0.3) is 5.69 Å². The average Bonchev–Trinajstić information content (AvgIpc) is 3.18. The predicted octanol–water partition coefficient (Wildman–Crippen LogP) is 2.58. The zero-order chi connectivity index (χ0) is 13.4. The van der Waals surface area contributed by atoms with Crippen molar-refractivity contribution < 1.29 is 9.90 Å². The normalized spacial score (nSPS) is 14.6. The fourth-order valence-corrected chi connectivity index (χ4v) is 2.23. The molecule has 0 radical (unpaired) electrons. The maximum atomic E-state index is 10.9. The van der Waals surface area contributed by atoms with Crippen molar-refractivity contribution in [1.82, 2.24) is 14.8 Å². The smallest absolute Gasteiger partial charge is 0.335 e. The summed E-state index contributed by atoms with van der Waals surface area (Å²) in [4.78, 5) is 10.9. The average molecular weight is 278 g/mol. The van der Waals surface area contributed by atoms with Crippen molar-refractivity contribution in [3.8, 4) is 5.69 Å². The molecule has 0 unspecified atom stereocenters. The summed E-state index contributed by atoms with van der Waals surface area (Å²) < 4.78 is 1.93. The van der Waals surface area contributed by atoms with Crippen LogP contribution in [0, 0.1) is 0 Å². The van der Waals surface area contributed by atoms with Gasteiger partial charge in [-0.1, -0.05) is 0 Å². The number of rotatable bonds is 4. The number of aromatic nitrogens is 3. The second-order valence-corrected chi connectivity index (χ2v) is 4.84. The van der Waals surface area contributed by atoms with E-state index in [9.17, 15) is 4.79 Å². The SMILES string of the molecule is O=C(O)c1ccc(-n2c(CCl)nnc2C2CC2)cc1. The molecule has 1 aromatic carbocycles. The van der Waals surface area contributed by atoms with Crippen LogP contribution in [0.1, 0.15) is 40.8 Å². The van der Waals surface area contributed by atoms with Gasteiger partial charge in [0.05, 0.1) is 11.4 Å². The van der Waals surface area contributed by atoms with E-state index in [2.05, 4.69) is 10.2 Å². The highest BCUT2D eigenvalue weighted by Crippen LogP contribution is 2.40. The maximum absolute atomic E-state index is 10.9. The third kappa shape index (κ3) is 2.21. The van der Waals surface area contributed by atoms with Crippen molar-refractivity contribution in [3.05, 3.63) is 41.5 Å². The summed E-state index contributed by atoms with van der Waals surface area (Å²) in [5, 5.41) is 17.2. The quantitative estimate of drug-likeness (QED) is 0.872. The number of benzene rings is 1. The maximum Gasteiger partial charge on any atom is 0.335 e. The van der Waals surface area contributed by atoms with Gasteiger partial charge < -0.3 is 5.11 Å². The van der Waals surface area contributed by atoms with E-state index in [1.54, 1.807) is 24.3 Å². The molecular formula is C13H12ClN3O2. The van der Waals surface area contributed by atoms with Crippen molar-refractivity contribution in [2.45, 2.75) is 24.6 Å². The fourth-order valence-electron chi connectivity index (χ4n) is 2.06. The molecule has 19 heavy (non-hydrogen) atoms. The lowest BCUT2D eigenvalue weighted by molar-refractivity contribution is 0.0697. The van der Waals surface area contributed by atoms with Gasteiger partial charge in [-0.3, -0.25) is 4.57 Å². The van der Waals surface area contributed by atoms with Gasteiger partial charge in [-0.25, -0.2) is 4.79 Å². The standard InChI is InChI=1S/C13H12ClN3O2/c14-7-11-15-16-12(8-1-2-8)17(11)10-5-3-9(4-6-10)13(18)19/h3-6,8H,1-2,7H2,(H,18,19). The number of nitrogens with zero attached hydrogens (tertiary/aromatic N) is 3. The Morgan fingerprint density at radius 1 is 1.32 bits per heavy atom. The van der Waals surface area contributed by atoms with Gasteiger partial charge >= 0.3 is 5.97 Å². The minimum absolute atomic E-state index is 0.261. The molecule has 3 rings (SSSR count). The van der Waals surface area contributed by atoms with E-state index in [0.29, 0.717) is 11.7 Å². The van der Waals surface area contributed by atoms with Crippen molar-refractivity contribution >= 4 is 17.6 Å². The van der Waals surface area contributed by atoms with Gasteiger partial charge in [-0.2, -0.15) is 0 Å². The summed E-state index contributed by atoms with van der Waals surface area (Å²) in [6.45, 7) is 0. The Morgan fingerprint density at radius 3 is 2.53 bits per heavy atom. The number of alkyl halides is 1. The first kappa shape index (κ1) is 12.2. The molecule has 0 atom stereocenters. The van der Waals surface area contributed by atoms with Gasteiger partial charge in [0.25, 0.3) is 0 Å². The van der Waals surface area contributed by atoms with E-state index in [4.69, 9.17) is 16.7 Å². The fraction of sp³-hybridized carbons (Fsp3) is 0.308. The molecule has 0 spiro atoms. The number of carboxylic acid groups (broad SMARTS) is 1. The summed E-state index contributed by atoms with van der Waals surface area (Å²) >= 11 is 5.88. The lowest BCUT2D eigenvalue weighted by Gasteiger charge is -2.09. The topological polar surface area (TPSA) is 68.0 Å². The van der Waals surface area contributed by atoms with Crippen LogP contribution in [0.5, 0.6) is 0 Å². The molecule has 0 bridgehead atoms. The van der Waals surface area contributed by atoms with E-state index >= 15 is 0 Å². The molecule has 6 heteroatoms. The molecule has 1 aliphatic rings. The zero-order valence-corrected chi connectivity index (χ0v) is 10.8. The Balaban J connectivity index is 2.04. The van der Waals surface area contributed by atoms with Crippen LogP contribution in [0.4, 0.5) is 0 Å². The molecular weight excluding hydrogens is 266 g/mol. The monoisotopic (exact) mass is 277 g/mol. The van der Waals surface area contributed by atoms with Crippen LogP contribution < -0.4 is 0 Å². The first-order valence-corrected chi connectivity index (χ1v) is 6.58. The van der Waals surface area contributed by atoms with Crippen LogP contribution in [-0.2, 0) is 5.88 Å². The molecule has 0 amide bonds. The van der Waals surface area contributed by atoms with Crippen LogP contribution in [-0.4, -0.2) is 25.8 Å². The van der Waals surface area contributed by atoms with Crippen LogP contribution in [0.2, 0.25) is 0 Å². The molecule has 1 N–H and O–H groups in total. The molecule has 0 aliphatic heterocycles. The number of halogens is 1. The second kappa shape index (κ2) is 4.66. The van der Waals surface area contributed by atoms with Crippen molar-refractivity contribution in [2.24, 2.45) is 0 Å². The minimum atomic E-state index is -0.935. The van der Waals surface area contributed by atoms with Gasteiger partial charge in [0.1, 0.15) is 5.82 Å². The van der Waals surface area contributed by atoms with E-state index in [-0.39, 0.29) is 11.4 Å². The first-order valence-electron chi connectivity index (χ1n) is 6.04. The molecule has 2 aromatic rings. The second-order valence-electron chi connectivity index (χ2n) is 4.57.